The van der Waals surface area contributed by atoms with E-state index in [1.807, 2.05) is 13.8 Å². The number of ether oxygens (including phenoxy) is 1. The molecule has 1 saturated heterocycles. The van der Waals surface area contributed by atoms with Gasteiger partial charge < -0.3 is 15.8 Å². The Labute approximate surface area is 95.5 Å². The lowest BCUT2D eigenvalue weighted by molar-refractivity contribution is -0.131. The second kappa shape index (κ2) is 4.90. The molecule has 1 amide bonds. The van der Waals surface area contributed by atoms with Crippen LogP contribution in [-0.2, 0) is 9.53 Å². The van der Waals surface area contributed by atoms with Crippen LogP contribution in [0.2, 0.25) is 0 Å². The molecule has 2 unspecified atom stereocenters. The van der Waals surface area contributed by atoms with Crippen molar-refractivity contribution < 1.29 is 9.53 Å². The minimum atomic E-state index is -0.599. The Morgan fingerprint density at radius 3 is 2.80 bits per heavy atom. The van der Waals surface area contributed by atoms with Crippen LogP contribution < -0.4 is 11.1 Å². The van der Waals surface area contributed by atoms with E-state index in [-0.39, 0.29) is 12.0 Å². The fourth-order valence-corrected chi connectivity index (χ4v) is 1.66. The van der Waals surface area contributed by atoms with Gasteiger partial charge in [0.1, 0.15) is 6.10 Å². The first-order chi connectivity index (χ1) is 6.99. The highest BCUT2D eigenvalue weighted by Crippen LogP contribution is 2.15. The van der Waals surface area contributed by atoms with E-state index < -0.39 is 5.54 Å². The molecule has 0 saturated carbocycles. The van der Waals surface area contributed by atoms with Gasteiger partial charge in [0.2, 0.25) is 5.91 Å². The monoisotopic (exact) mass is 230 g/mol. The third-order valence-electron chi connectivity index (χ3n) is 2.87. The van der Waals surface area contributed by atoms with Crippen LogP contribution in [0.1, 0.15) is 33.1 Å². The molecule has 86 valence electrons. The minimum Gasteiger partial charge on any atom is -0.391 e. The van der Waals surface area contributed by atoms with E-state index in [0.717, 1.165) is 12.8 Å². The van der Waals surface area contributed by atoms with Crippen molar-refractivity contribution in [1.29, 1.82) is 0 Å². The Morgan fingerprint density at radius 1 is 1.73 bits per heavy atom. The number of thiocarbonyl (C=S) groups is 1. The molecule has 1 fully saturated rings. The van der Waals surface area contributed by atoms with Gasteiger partial charge in [0.15, 0.2) is 0 Å². The largest absolute Gasteiger partial charge is 0.391 e. The number of rotatable bonds is 4. The lowest BCUT2D eigenvalue weighted by Gasteiger charge is -2.29. The average Bonchev–Trinajstić information content (AvgIpc) is 2.70. The molecule has 0 aromatic heterocycles. The summed E-state index contributed by atoms with van der Waals surface area (Å²) < 4.78 is 5.29. The summed E-state index contributed by atoms with van der Waals surface area (Å²) in [6.07, 6.45) is 2.07. The number of nitrogens with two attached hydrogens (primary N) is 1. The third kappa shape index (κ3) is 2.89. The molecule has 3 N–H and O–H groups in total. The van der Waals surface area contributed by atoms with Crippen LogP contribution in [0.15, 0.2) is 0 Å². The summed E-state index contributed by atoms with van der Waals surface area (Å²) in [5.74, 6) is -0.107. The quantitative estimate of drug-likeness (QED) is 0.699. The number of carbonyl (C=O) groups is 1. The maximum atomic E-state index is 11.8. The molecule has 4 nitrogen and oxygen atoms in total. The Balaban J connectivity index is 2.58. The van der Waals surface area contributed by atoms with Crippen molar-refractivity contribution >= 4 is 23.1 Å². The summed E-state index contributed by atoms with van der Waals surface area (Å²) in [6, 6.07) is 0. The first-order valence-electron chi connectivity index (χ1n) is 5.23. The molecule has 1 rings (SSSR count). The molecule has 2 atom stereocenters. The fraction of sp³-hybridized carbons (Fsp3) is 0.800. The van der Waals surface area contributed by atoms with Gasteiger partial charge in [-0.1, -0.05) is 19.1 Å². The van der Waals surface area contributed by atoms with Crippen molar-refractivity contribution in [2.75, 3.05) is 6.61 Å². The topological polar surface area (TPSA) is 64.3 Å². The molecular weight excluding hydrogens is 212 g/mol. The van der Waals surface area contributed by atoms with Gasteiger partial charge in [-0.2, -0.15) is 0 Å². The van der Waals surface area contributed by atoms with E-state index >= 15 is 0 Å². The van der Waals surface area contributed by atoms with Gasteiger partial charge in [0.25, 0.3) is 0 Å². The molecule has 1 heterocycles. The maximum Gasteiger partial charge on any atom is 0.249 e. The second-order valence-corrected chi connectivity index (χ2v) is 4.48. The second-order valence-electron chi connectivity index (χ2n) is 4.04. The van der Waals surface area contributed by atoms with E-state index in [1.54, 1.807) is 0 Å². The summed E-state index contributed by atoms with van der Waals surface area (Å²) in [4.78, 5) is 12.1. The van der Waals surface area contributed by atoms with E-state index in [1.165, 1.54) is 0 Å². The molecule has 1 aliphatic rings. The summed E-state index contributed by atoms with van der Waals surface area (Å²) in [5, 5.41) is 2.85. The van der Waals surface area contributed by atoms with E-state index in [0.29, 0.717) is 18.0 Å². The summed E-state index contributed by atoms with van der Waals surface area (Å²) >= 11 is 4.94. The Hall–Kier alpha value is -0.680. The first kappa shape index (κ1) is 12.4. The Morgan fingerprint density at radius 2 is 2.40 bits per heavy atom. The summed E-state index contributed by atoms with van der Waals surface area (Å²) in [7, 11) is 0. The lowest BCUT2D eigenvalue weighted by atomic mass is 9.98. The van der Waals surface area contributed by atoms with Crippen LogP contribution in [0.5, 0.6) is 0 Å². The van der Waals surface area contributed by atoms with Crippen molar-refractivity contribution in [2.45, 2.75) is 44.8 Å². The number of hydrogen-bond acceptors (Lipinski definition) is 3. The fourth-order valence-electron chi connectivity index (χ4n) is 1.46. The molecule has 0 aliphatic carbocycles. The smallest absolute Gasteiger partial charge is 0.249 e. The van der Waals surface area contributed by atoms with Crippen LogP contribution in [0, 0.1) is 0 Å². The molecule has 15 heavy (non-hydrogen) atoms. The SMILES string of the molecule is CCC(C)(NC(=O)C1CCCO1)C(N)=S. The predicted molar refractivity (Wildman–Crippen MR) is 62.6 cm³/mol. The number of amides is 1. The number of carbonyl (C=O) groups excluding carboxylic acids is 1. The van der Waals surface area contributed by atoms with E-state index in [4.69, 9.17) is 22.7 Å². The van der Waals surface area contributed by atoms with Crippen LogP contribution in [0.25, 0.3) is 0 Å². The van der Waals surface area contributed by atoms with Gasteiger partial charge in [0, 0.05) is 6.61 Å². The molecule has 0 bridgehead atoms. The standard InChI is InChI=1S/C10H18N2O2S/c1-3-10(2,9(11)15)12-8(13)7-5-4-6-14-7/h7H,3-6H2,1-2H3,(H2,11,15)(H,12,13). The molecular formula is C10H18N2O2S. The van der Waals surface area contributed by atoms with Crippen LogP contribution in [-0.4, -0.2) is 29.1 Å². The van der Waals surface area contributed by atoms with Gasteiger partial charge in [-0.25, -0.2) is 0 Å². The Bertz CT molecular complexity index is 264. The molecule has 1 aliphatic heterocycles. The van der Waals surface area contributed by atoms with Crippen molar-refractivity contribution in [3.05, 3.63) is 0 Å². The molecule has 0 aromatic rings. The van der Waals surface area contributed by atoms with Crippen molar-refractivity contribution in [2.24, 2.45) is 5.73 Å². The van der Waals surface area contributed by atoms with E-state index in [9.17, 15) is 4.79 Å². The minimum absolute atomic E-state index is 0.107. The van der Waals surface area contributed by atoms with Gasteiger partial charge in [-0.05, 0) is 26.2 Å². The van der Waals surface area contributed by atoms with E-state index in [2.05, 4.69) is 5.32 Å². The molecule has 0 aromatic carbocycles. The molecule has 5 heteroatoms. The van der Waals surface area contributed by atoms with Gasteiger partial charge in [0.05, 0.1) is 10.5 Å². The molecule has 0 radical (unpaired) electrons. The number of nitrogens with one attached hydrogen (secondary N) is 1. The van der Waals surface area contributed by atoms with Gasteiger partial charge in [-0.15, -0.1) is 0 Å². The number of hydrogen-bond donors (Lipinski definition) is 2. The van der Waals surface area contributed by atoms with Crippen LogP contribution in [0.4, 0.5) is 0 Å². The highest BCUT2D eigenvalue weighted by atomic mass is 32.1. The van der Waals surface area contributed by atoms with Crippen LogP contribution in [0.3, 0.4) is 0 Å². The van der Waals surface area contributed by atoms with Gasteiger partial charge >= 0.3 is 0 Å². The van der Waals surface area contributed by atoms with Crippen LogP contribution >= 0.6 is 12.2 Å². The zero-order valence-corrected chi connectivity index (χ0v) is 10.0. The summed E-state index contributed by atoms with van der Waals surface area (Å²) in [5.41, 5.74) is 5.01. The van der Waals surface area contributed by atoms with Crippen molar-refractivity contribution in [1.82, 2.24) is 5.32 Å². The van der Waals surface area contributed by atoms with Crippen molar-refractivity contribution in [3.63, 3.8) is 0 Å². The Kier molecular flexibility index (Phi) is 4.04. The lowest BCUT2D eigenvalue weighted by Crippen LogP contribution is -2.56. The zero-order valence-electron chi connectivity index (χ0n) is 9.21. The summed E-state index contributed by atoms with van der Waals surface area (Å²) in [6.45, 7) is 4.44. The highest BCUT2D eigenvalue weighted by Gasteiger charge is 2.32. The van der Waals surface area contributed by atoms with Crippen molar-refractivity contribution in [3.8, 4) is 0 Å². The molecule has 0 spiro atoms. The predicted octanol–water partition coefficient (Wildman–Crippen LogP) is 0.736. The van der Waals surface area contributed by atoms with Gasteiger partial charge in [-0.3, -0.25) is 4.79 Å². The third-order valence-corrected chi connectivity index (χ3v) is 3.32. The highest BCUT2D eigenvalue weighted by molar-refractivity contribution is 7.80. The average molecular weight is 230 g/mol. The zero-order chi connectivity index (χ0) is 11.5. The normalized spacial score (nSPS) is 24.5. The first-order valence-corrected chi connectivity index (χ1v) is 5.64. The maximum absolute atomic E-state index is 11.8.